The molecular weight excluding hydrogens is 654 g/mol. The molecule has 0 N–H and O–H groups in total. The molecule has 0 amide bonds. The number of fused-ring (bicyclic) bond motifs is 10. The average molecular weight is 689 g/mol. The third-order valence-corrected chi connectivity index (χ3v) is 14.1. The summed E-state index contributed by atoms with van der Waals surface area (Å²) in [6.07, 6.45) is 0. The van der Waals surface area contributed by atoms with Crippen LogP contribution < -0.4 is 9.80 Å². The highest BCUT2D eigenvalue weighted by molar-refractivity contribution is 7.62. The zero-order valence-electron chi connectivity index (χ0n) is 28.2. The number of aryl methyl sites for hydroxylation is 1. The number of nitrogens with zero attached hydrogens (tertiary/aromatic N) is 2. The van der Waals surface area contributed by atoms with Crippen LogP contribution in [-0.2, 0) is 6.66 Å². The van der Waals surface area contributed by atoms with Crippen molar-refractivity contribution in [2.45, 2.75) is 0 Å². The second-order valence-electron chi connectivity index (χ2n) is 13.1. The monoisotopic (exact) mass is 688 g/mol. The molecule has 4 heteroatoms. The summed E-state index contributed by atoms with van der Waals surface area (Å²) in [5, 5.41) is 14.4. The van der Waals surface area contributed by atoms with Gasteiger partial charge in [0.1, 0.15) is 0 Å². The fraction of sp³-hybridized carbons (Fsp3) is 0.0213. The van der Waals surface area contributed by atoms with Crippen LogP contribution in [0.3, 0.4) is 0 Å². The SMILES string of the molecule is Cp1c2cc(N(c3ccccc3)c3ccccc3)ccc2c2c3ccccc3c3c4ccc(N(c5ccccc5)c5ccccc5)cc4[pH]c3c21. The topological polar surface area (TPSA) is 6.48 Å². The van der Waals surface area contributed by atoms with E-state index in [4.69, 9.17) is 0 Å². The highest BCUT2D eigenvalue weighted by Crippen LogP contribution is 2.58. The summed E-state index contributed by atoms with van der Waals surface area (Å²) >= 11 is 0. The molecule has 0 spiro atoms. The van der Waals surface area contributed by atoms with Gasteiger partial charge in [0.05, 0.1) is 0 Å². The van der Waals surface area contributed by atoms with Gasteiger partial charge in [-0.25, -0.2) is 0 Å². The second-order valence-corrected chi connectivity index (χ2v) is 16.5. The maximum atomic E-state index is 2.49. The third-order valence-electron chi connectivity index (χ3n) is 10.2. The maximum absolute atomic E-state index is 2.49. The average Bonchev–Trinajstić information content (AvgIpc) is 3.72. The van der Waals surface area contributed by atoms with Gasteiger partial charge in [0, 0.05) is 65.4 Å². The lowest BCUT2D eigenvalue weighted by Crippen LogP contribution is -2.09. The van der Waals surface area contributed by atoms with Crippen LogP contribution in [0.5, 0.6) is 0 Å². The Morgan fingerprint density at radius 1 is 0.392 bits per heavy atom. The fourth-order valence-electron chi connectivity index (χ4n) is 8.03. The van der Waals surface area contributed by atoms with Crippen molar-refractivity contribution in [3.05, 3.63) is 182 Å². The largest absolute Gasteiger partial charge is 0.310 e. The Kier molecular flexibility index (Phi) is 7.21. The van der Waals surface area contributed by atoms with E-state index in [1.54, 1.807) is 5.12 Å². The number of rotatable bonds is 6. The van der Waals surface area contributed by atoms with E-state index in [-0.39, 0.29) is 0 Å². The molecule has 2 unspecified atom stereocenters. The molecule has 10 rings (SSSR count). The van der Waals surface area contributed by atoms with E-state index in [0.717, 1.165) is 11.4 Å². The predicted molar refractivity (Wildman–Crippen MR) is 227 cm³/mol. The fourth-order valence-corrected chi connectivity index (χ4v) is 12.3. The van der Waals surface area contributed by atoms with Crippen molar-refractivity contribution in [1.29, 1.82) is 0 Å². The lowest BCUT2D eigenvalue weighted by atomic mass is 9.99. The Morgan fingerprint density at radius 3 is 1.33 bits per heavy atom. The Labute approximate surface area is 300 Å². The first-order valence-corrected chi connectivity index (χ1v) is 20.2. The van der Waals surface area contributed by atoms with E-state index in [9.17, 15) is 0 Å². The summed E-state index contributed by atoms with van der Waals surface area (Å²) in [6.45, 7) is 2.49. The molecule has 0 aliphatic rings. The van der Waals surface area contributed by atoms with E-state index < -0.39 is 7.53 Å². The molecule has 2 aromatic heterocycles. The first-order chi connectivity index (χ1) is 25.2. The molecule has 0 saturated carbocycles. The maximum Gasteiger partial charge on any atom is 0.0471 e. The summed E-state index contributed by atoms with van der Waals surface area (Å²) < 4.78 is 0. The van der Waals surface area contributed by atoms with Crippen LogP contribution in [-0.4, -0.2) is 0 Å². The normalized spacial score (nSPS) is 12.1. The molecular formula is C47H34N2P2. The second kappa shape index (κ2) is 12.2. The molecule has 10 aromatic rings. The molecule has 2 atom stereocenters. The molecule has 0 aliphatic heterocycles. The van der Waals surface area contributed by atoms with E-state index in [0.29, 0.717) is 8.19 Å². The zero-order valence-corrected chi connectivity index (χ0v) is 30.1. The van der Waals surface area contributed by atoms with E-state index >= 15 is 0 Å². The van der Waals surface area contributed by atoms with E-state index in [1.807, 2.05) is 0 Å². The number of anilines is 6. The highest BCUT2D eigenvalue weighted by Gasteiger charge is 2.22. The first-order valence-electron chi connectivity index (χ1n) is 17.4. The molecule has 8 aromatic carbocycles. The van der Waals surface area contributed by atoms with Gasteiger partial charge in [-0.05, 0) is 101 Å². The van der Waals surface area contributed by atoms with Crippen LogP contribution >= 0.6 is 15.7 Å². The minimum atomic E-state index is -0.577. The minimum Gasteiger partial charge on any atom is -0.310 e. The lowest BCUT2D eigenvalue weighted by Gasteiger charge is -2.25. The molecule has 0 fully saturated rings. The molecule has 2 nitrogen and oxygen atoms in total. The van der Waals surface area contributed by atoms with Gasteiger partial charge in [-0.3, -0.25) is 0 Å². The van der Waals surface area contributed by atoms with Gasteiger partial charge in [-0.15, -0.1) is 15.7 Å². The van der Waals surface area contributed by atoms with Crippen molar-refractivity contribution < 1.29 is 0 Å². The molecule has 2 heterocycles. The van der Waals surface area contributed by atoms with Crippen LogP contribution in [0.4, 0.5) is 34.1 Å². The highest BCUT2D eigenvalue weighted by atomic mass is 31.1. The van der Waals surface area contributed by atoms with Crippen molar-refractivity contribution in [2.75, 3.05) is 9.80 Å². The Morgan fingerprint density at radius 2 is 0.824 bits per heavy atom. The van der Waals surface area contributed by atoms with E-state index in [1.165, 1.54) is 70.4 Å². The third kappa shape index (κ3) is 4.87. The van der Waals surface area contributed by atoms with Crippen molar-refractivity contribution in [2.24, 2.45) is 6.66 Å². The van der Waals surface area contributed by atoms with Crippen LogP contribution in [0.1, 0.15) is 0 Å². The summed E-state index contributed by atoms with van der Waals surface area (Å²) in [7, 11) is 0.0245. The molecule has 51 heavy (non-hydrogen) atoms. The summed E-state index contributed by atoms with van der Waals surface area (Å²) in [4.78, 5) is 4.77. The smallest absolute Gasteiger partial charge is 0.0471 e. The van der Waals surface area contributed by atoms with Gasteiger partial charge in [-0.1, -0.05) is 109 Å². The van der Waals surface area contributed by atoms with Crippen molar-refractivity contribution in [1.82, 2.24) is 0 Å². The van der Waals surface area contributed by atoms with Crippen molar-refractivity contribution in [3.63, 3.8) is 0 Å². The Bertz CT molecular complexity index is 2780. The number of para-hydroxylation sites is 4. The van der Waals surface area contributed by atoms with Crippen LogP contribution in [0.15, 0.2) is 182 Å². The molecule has 0 aliphatic carbocycles. The quantitative estimate of drug-likeness (QED) is 0.172. The summed E-state index contributed by atoms with van der Waals surface area (Å²) in [5.41, 5.74) is 7.06. The number of hydrogen-bond acceptors (Lipinski definition) is 2. The van der Waals surface area contributed by atoms with Gasteiger partial charge < -0.3 is 9.80 Å². The molecule has 0 radical (unpaired) electrons. The molecule has 0 bridgehead atoms. The predicted octanol–water partition coefficient (Wildman–Crippen LogP) is 14.9. The van der Waals surface area contributed by atoms with Gasteiger partial charge >= 0.3 is 0 Å². The van der Waals surface area contributed by atoms with Crippen LogP contribution in [0.2, 0.25) is 0 Å². The van der Waals surface area contributed by atoms with Crippen LogP contribution in [0.25, 0.3) is 52.8 Å². The van der Waals surface area contributed by atoms with Gasteiger partial charge in [0.25, 0.3) is 0 Å². The molecule has 0 saturated heterocycles. The van der Waals surface area contributed by atoms with Gasteiger partial charge in [-0.2, -0.15) is 0 Å². The number of benzene rings is 8. The first kappa shape index (κ1) is 30.1. The lowest BCUT2D eigenvalue weighted by molar-refractivity contribution is 1.29. The van der Waals surface area contributed by atoms with Gasteiger partial charge in [0.2, 0.25) is 0 Å². The molecule has 242 valence electrons. The summed E-state index contributed by atoms with van der Waals surface area (Å²) in [6, 6.07) is 66.4. The zero-order chi connectivity index (χ0) is 33.9. The Hall–Kier alpha value is -5.78. The van der Waals surface area contributed by atoms with Crippen molar-refractivity contribution in [3.8, 4) is 0 Å². The standard InChI is InChI=1S/C47H34N2P2/c1-51-43-31-37(49(34-20-10-4-11-21-34)35-22-12-5-13-23-35)27-29-41(43)45-39-25-15-14-24-38(39)44-40-28-26-36(30-42(40)50-46(44)47(45)51)48(32-16-6-2-7-17-32)33-18-8-3-9-19-33/h2-31,50H,1H3. The van der Waals surface area contributed by atoms with Crippen molar-refractivity contribution >= 4 is 103 Å². The minimum absolute atomic E-state index is 0.577. The van der Waals surface area contributed by atoms with E-state index in [2.05, 4.69) is 198 Å². The van der Waals surface area contributed by atoms with Gasteiger partial charge in [0.15, 0.2) is 0 Å². The Balaban J connectivity index is 1.23. The summed E-state index contributed by atoms with van der Waals surface area (Å²) in [5.74, 6) is 0. The van der Waals surface area contributed by atoms with Crippen LogP contribution in [0, 0.1) is 0 Å². The number of hydrogen-bond donors (Lipinski definition) is 0.